The molecular formula is C19H19NO. The SMILES string of the molecule is COc1ccc(-c2c(C)ccc3ccccc23)c(CN)c1. The fraction of sp³-hybridized carbons (Fsp3) is 0.158. The van der Waals surface area contributed by atoms with Crippen LogP contribution in [-0.4, -0.2) is 7.11 Å². The van der Waals surface area contributed by atoms with E-state index in [0.29, 0.717) is 6.54 Å². The minimum absolute atomic E-state index is 0.495. The summed E-state index contributed by atoms with van der Waals surface area (Å²) in [5.41, 5.74) is 10.8. The van der Waals surface area contributed by atoms with Crippen molar-refractivity contribution < 1.29 is 4.74 Å². The van der Waals surface area contributed by atoms with Gasteiger partial charge in [0.15, 0.2) is 0 Å². The first kappa shape index (κ1) is 13.7. The van der Waals surface area contributed by atoms with E-state index in [9.17, 15) is 0 Å². The van der Waals surface area contributed by atoms with Crippen molar-refractivity contribution in [3.8, 4) is 16.9 Å². The second-order valence-electron chi connectivity index (χ2n) is 5.21. The van der Waals surface area contributed by atoms with Crippen LogP contribution >= 0.6 is 0 Å². The van der Waals surface area contributed by atoms with E-state index in [2.05, 4.69) is 49.4 Å². The molecule has 0 saturated heterocycles. The average Bonchev–Trinajstić information content (AvgIpc) is 2.54. The van der Waals surface area contributed by atoms with Crippen molar-refractivity contribution in [2.24, 2.45) is 5.73 Å². The van der Waals surface area contributed by atoms with Crippen LogP contribution in [0.4, 0.5) is 0 Å². The molecule has 2 heteroatoms. The topological polar surface area (TPSA) is 35.2 Å². The lowest BCUT2D eigenvalue weighted by atomic mass is 9.91. The van der Waals surface area contributed by atoms with E-state index >= 15 is 0 Å². The van der Waals surface area contributed by atoms with Gasteiger partial charge < -0.3 is 10.5 Å². The molecule has 3 aromatic rings. The molecule has 0 radical (unpaired) electrons. The van der Waals surface area contributed by atoms with Crippen molar-refractivity contribution >= 4 is 10.8 Å². The summed E-state index contributed by atoms with van der Waals surface area (Å²) in [6, 6.07) is 18.9. The van der Waals surface area contributed by atoms with E-state index in [1.54, 1.807) is 7.11 Å². The summed E-state index contributed by atoms with van der Waals surface area (Å²) >= 11 is 0. The zero-order chi connectivity index (χ0) is 14.8. The van der Waals surface area contributed by atoms with Crippen LogP contribution in [0.3, 0.4) is 0 Å². The van der Waals surface area contributed by atoms with Crippen LogP contribution in [0.15, 0.2) is 54.6 Å². The first-order chi connectivity index (χ1) is 10.2. The Kier molecular flexibility index (Phi) is 3.63. The number of methoxy groups -OCH3 is 1. The highest BCUT2D eigenvalue weighted by molar-refractivity contribution is 5.99. The number of hydrogen-bond donors (Lipinski definition) is 1. The molecule has 0 aliphatic rings. The summed E-state index contributed by atoms with van der Waals surface area (Å²) in [6.07, 6.45) is 0. The van der Waals surface area contributed by atoms with Crippen LogP contribution in [0, 0.1) is 6.92 Å². The molecule has 0 aliphatic carbocycles. The second-order valence-corrected chi connectivity index (χ2v) is 5.21. The Balaban J connectivity index is 2.32. The summed E-state index contributed by atoms with van der Waals surface area (Å²) in [7, 11) is 1.68. The van der Waals surface area contributed by atoms with Gasteiger partial charge in [-0.2, -0.15) is 0 Å². The molecule has 106 valence electrons. The van der Waals surface area contributed by atoms with Gasteiger partial charge >= 0.3 is 0 Å². The fourth-order valence-corrected chi connectivity index (χ4v) is 2.85. The highest BCUT2D eigenvalue weighted by atomic mass is 16.5. The number of rotatable bonds is 3. The van der Waals surface area contributed by atoms with Crippen LogP contribution in [0.1, 0.15) is 11.1 Å². The standard InChI is InChI=1S/C19H19NO/c1-13-7-8-14-5-3-4-6-17(14)19(13)18-10-9-16(21-2)11-15(18)12-20/h3-11H,12,20H2,1-2H3. The predicted octanol–water partition coefficient (Wildman–Crippen LogP) is 4.28. The first-order valence-corrected chi connectivity index (χ1v) is 7.10. The summed E-state index contributed by atoms with van der Waals surface area (Å²) in [5.74, 6) is 0.845. The van der Waals surface area contributed by atoms with Gasteiger partial charge in [-0.05, 0) is 52.1 Å². The van der Waals surface area contributed by atoms with E-state index in [4.69, 9.17) is 10.5 Å². The van der Waals surface area contributed by atoms with Crippen LogP contribution < -0.4 is 10.5 Å². The van der Waals surface area contributed by atoms with Gasteiger partial charge in [0, 0.05) is 6.54 Å². The predicted molar refractivity (Wildman–Crippen MR) is 88.6 cm³/mol. The zero-order valence-electron chi connectivity index (χ0n) is 12.4. The highest BCUT2D eigenvalue weighted by Crippen LogP contribution is 2.35. The average molecular weight is 277 g/mol. The van der Waals surface area contributed by atoms with Gasteiger partial charge in [0.05, 0.1) is 7.11 Å². The van der Waals surface area contributed by atoms with Gasteiger partial charge in [-0.15, -0.1) is 0 Å². The van der Waals surface area contributed by atoms with Crippen LogP contribution in [-0.2, 0) is 6.54 Å². The van der Waals surface area contributed by atoms with Crippen molar-refractivity contribution in [1.29, 1.82) is 0 Å². The quantitative estimate of drug-likeness (QED) is 0.775. The fourth-order valence-electron chi connectivity index (χ4n) is 2.85. The molecule has 2 nitrogen and oxygen atoms in total. The Labute approximate surface area is 125 Å². The largest absolute Gasteiger partial charge is 0.497 e. The number of fused-ring (bicyclic) bond motifs is 1. The molecule has 0 aliphatic heterocycles. The number of benzene rings is 3. The molecule has 0 unspecified atom stereocenters. The minimum atomic E-state index is 0.495. The van der Waals surface area contributed by atoms with Crippen molar-refractivity contribution in [3.05, 3.63) is 65.7 Å². The van der Waals surface area contributed by atoms with Crippen LogP contribution in [0.25, 0.3) is 21.9 Å². The van der Waals surface area contributed by atoms with Crippen molar-refractivity contribution in [1.82, 2.24) is 0 Å². The Morgan fingerprint density at radius 3 is 2.57 bits per heavy atom. The molecule has 0 bridgehead atoms. The number of nitrogens with two attached hydrogens (primary N) is 1. The molecular weight excluding hydrogens is 258 g/mol. The maximum Gasteiger partial charge on any atom is 0.119 e. The maximum absolute atomic E-state index is 5.95. The first-order valence-electron chi connectivity index (χ1n) is 7.10. The molecule has 0 aromatic heterocycles. The Hall–Kier alpha value is -2.32. The summed E-state index contributed by atoms with van der Waals surface area (Å²) in [5, 5.41) is 2.51. The Morgan fingerprint density at radius 2 is 1.81 bits per heavy atom. The minimum Gasteiger partial charge on any atom is -0.497 e. The van der Waals surface area contributed by atoms with Crippen molar-refractivity contribution in [2.75, 3.05) is 7.11 Å². The van der Waals surface area contributed by atoms with Gasteiger partial charge in [-0.1, -0.05) is 42.5 Å². The molecule has 0 saturated carbocycles. The molecule has 3 aromatic carbocycles. The summed E-state index contributed by atoms with van der Waals surface area (Å²) in [4.78, 5) is 0. The van der Waals surface area contributed by atoms with Gasteiger partial charge in [0.25, 0.3) is 0 Å². The van der Waals surface area contributed by atoms with Gasteiger partial charge in [-0.25, -0.2) is 0 Å². The lowest BCUT2D eigenvalue weighted by Crippen LogP contribution is -2.01. The third kappa shape index (κ3) is 2.39. The molecule has 0 heterocycles. The third-order valence-corrected chi connectivity index (χ3v) is 3.94. The van der Waals surface area contributed by atoms with E-state index in [1.165, 1.54) is 27.5 Å². The lowest BCUT2D eigenvalue weighted by molar-refractivity contribution is 0.414. The zero-order valence-corrected chi connectivity index (χ0v) is 12.4. The molecule has 2 N–H and O–H groups in total. The highest BCUT2D eigenvalue weighted by Gasteiger charge is 2.11. The molecule has 3 rings (SSSR count). The van der Waals surface area contributed by atoms with Crippen LogP contribution in [0.2, 0.25) is 0 Å². The van der Waals surface area contributed by atoms with Crippen LogP contribution in [0.5, 0.6) is 5.75 Å². The van der Waals surface area contributed by atoms with Gasteiger partial charge in [0.1, 0.15) is 5.75 Å². The number of hydrogen-bond acceptors (Lipinski definition) is 2. The molecule has 0 atom stereocenters. The van der Waals surface area contributed by atoms with Crippen molar-refractivity contribution in [2.45, 2.75) is 13.5 Å². The van der Waals surface area contributed by atoms with E-state index in [1.807, 2.05) is 12.1 Å². The summed E-state index contributed by atoms with van der Waals surface area (Å²) in [6.45, 7) is 2.64. The molecule has 21 heavy (non-hydrogen) atoms. The summed E-state index contributed by atoms with van der Waals surface area (Å²) < 4.78 is 5.31. The van der Waals surface area contributed by atoms with Crippen molar-refractivity contribution in [3.63, 3.8) is 0 Å². The van der Waals surface area contributed by atoms with Gasteiger partial charge in [-0.3, -0.25) is 0 Å². The number of ether oxygens (including phenoxy) is 1. The third-order valence-electron chi connectivity index (χ3n) is 3.94. The normalized spacial score (nSPS) is 10.8. The Morgan fingerprint density at radius 1 is 1.00 bits per heavy atom. The smallest absolute Gasteiger partial charge is 0.119 e. The maximum atomic E-state index is 5.95. The van der Waals surface area contributed by atoms with E-state index in [0.717, 1.165) is 11.3 Å². The van der Waals surface area contributed by atoms with E-state index in [-0.39, 0.29) is 0 Å². The number of aryl methyl sites for hydroxylation is 1. The molecule has 0 amide bonds. The second kappa shape index (κ2) is 5.58. The van der Waals surface area contributed by atoms with Gasteiger partial charge in [0.2, 0.25) is 0 Å². The molecule has 0 spiro atoms. The Bertz CT molecular complexity index is 793. The lowest BCUT2D eigenvalue weighted by Gasteiger charge is -2.15. The van der Waals surface area contributed by atoms with E-state index < -0.39 is 0 Å². The molecule has 0 fully saturated rings. The monoisotopic (exact) mass is 277 g/mol.